The van der Waals surface area contributed by atoms with Gasteiger partial charge >= 0.3 is 0 Å². The van der Waals surface area contributed by atoms with Gasteiger partial charge in [0.05, 0.1) is 4.90 Å². The summed E-state index contributed by atoms with van der Waals surface area (Å²) in [7, 11) is -3.46. The summed E-state index contributed by atoms with van der Waals surface area (Å²) in [6.45, 7) is 7.26. The van der Waals surface area contributed by atoms with Crippen molar-refractivity contribution in [3.05, 3.63) is 15.8 Å². The van der Waals surface area contributed by atoms with Crippen LogP contribution in [0.5, 0.6) is 0 Å². The van der Waals surface area contributed by atoms with E-state index in [4.69, 9.17) is 5.73 Å². The van der Waals surface area contributed by atoms with Gasteiger partial charge in [0.1, 0.15) is 0 Å². The van der Waals surface area contributed by atoms with Gasteiger partial charge in [-0.2, -0.15) is 0 Å². The van der Waals surface area contributed by atoms with E-state index in [2.05, 4.69) is 22.0 Å². The molecule has 1 aromatic rings. The molecule has 0 aliphatic carbocycles. The Morgan fingerprint density at radius 3 is 2.61 bits per heavy atom. The van der Waals surface area contributed by atoms with Gasteiger partial charge in [0.15, 0.2) is 5.96 Å². The molecule has 132 valence electrons. The smallest absolute Gasteiger partial charge is 0.241 e. The van der Waals surface area contributed by atoms with E-state index in [-0.39, 0.29) is 6.54 Å². The number of aliphatic imine (C=N–C) groups is 1. The van der Waals surface area contributed by atoms with Gasteiger partial charge in [0, 0.05) is 29.4 Å². The van der Waals surface area contributed by atoms with E-state index in [0.29, 0.717) is 23.9 Å². The molecule has 0 aliphatic rings. The van der Waals surface area contributed by atoms with Crippen LogP contribution in [-0.4, -0.2) is 34.0 Å². The second kappa shape index (κ2) is 9.89. The minimum absolute atomic E-state index is 0.267. The number of guanidine groups is 1. The van der Waals surface area contributed by atoms with Crippen molar-refractivity contribution in [2.45, 2.75) is 51.3 Å². The van der Waals surface area contributed by atoms with Crippen LogP contribution in [0.2, 0.25) is 0 Å². The summed E-state index contributed by atoms with van der Waals surface area (Å²) in [6.07, 6.45) is 4.60. The fourth-order valence-corrected chi connectivity index (χ4v) is 4.71. The number of sulfonamides is 1. The minimum atomic E-state index is -3.46. The molecule has 6 nitrogen and oxygen atoms in total. The summed E-state index contributed by atoms with van der Waals surface area (Å²) in [4.78, 5) is 6.36. The van der Waals surface area contributed by atoms with Gasteiger partial charge in [0.25, 0.3) is 0 Å². The predicted octanol–water partition coefficient (Wildman–Crippen LogP) is 2.13. The lowest BCUT2D eigenvalue weighted by molar-refractivity contribution is 0.580. The van der Waals surface area contributed by atoms with Crippen LogP contribution < -0.4 is 15.8 Å². The number of hydrogen-bond acceptors (Lipinski definition) is 4. The first-order valence-electron chi connectivity index (χ1n) is 7.97. The lowest BCUT2D eigenvalue weighted by atomic mass is 10.2. The van der Waals surface area contributed by atoms with Crippen LogP contribution in [0.25, 0.3) is 0 Å². The third kappa shape index (κ3) is 7.32. The van der Waals surface area contributed by atoms with Crippen molar-refractivity contribution >= 4 is 27.3 Å². The van der Waals surface area contributed by atoms with Crippen LogP contribution in [0.15, 0.2) is 16.0 Å². The Labute approximate surface area is 143 Å². The summed E-state index contributed by atoms with van der Waals surface area (Å²) in [5, 5.41) is 2.92. The highest BCUT2D eigenvalue weighted by Crippen LogP contribution is 2.24. The molecule has 1 aromatic heterocycles. The first-order chi connectivity index (χ1) is 10.9. The van der Waals surface area contributed by atoms with Gasteiger partial charge in [-0.15, -0.1) is 11.3 Å². The van der Waals surface area contributed by atoms with Crippen molar-refractivity contribution in [2.75, 3.05) is 19.6 Å². The molecule has 0 atom stereocenters. The third-order valence-corrected chi connectivity index (χ3v) is 5.98. The molecule has 0 saturated carbocycles. The maximum absolute atomic E-state index is 12.2. The molecule has 0 amide bonds. The zero-order chi connectivity index (χ0) is 17.3. The summed E-state index contributed by atoms with van der Waals surface area (Å²) in [6, 6.07) is 1.70. The number of rotatable bonds is 10. The molecule has 4 N–H and O–H groups in total. The zero-order valence-electron chi connectivity index (χ0n) is 14.2. The van der Waals surface area contributed by atoms with Gasteiger partial charge in [-0.25, -0.2) is 13.1 Å². The van der Waals surface area contributed by atoms with Gasteiger partial charge in [-0.05, 0) is 26.3 Å². The number of nitrogens with zero attached hydrogens (tertiary/aromatic N) is 1. The first kappa shape index (κ1) is 19.9. The average molecular weight is 361 g/mol. The molecule has 0 aliphatic heterocycles. The highest BCUT2D eigenvalue weighted by atomic mass is 32.2. The Morgan fingerprint density at radius 2 is 2.00 bits per heavy atom. The number of aryl methyl sites for hydroxylation is 2. The summed E-state index contributed by atoms with van der Waals surface area (Å²) < 4.78 is 27.0. The van der Waals surface area contributed by atoms with E-state index in [1.165, 1.54) is 24.2 Å². The summed E-state index contributed by atoms with van der Waals surface area (Å²) in [5.41, 5.74) is 5.74. The van der Waals surface area contributed by atoms with Crippen LogP contribution in [0, 0.1) is 13.8 Å². The molecular weight excluding hydrogens is 332 g/mol. The Balaban J connectivity index is 2.31. The Morgan fingerprint density at radius 1 is 1.26 bits per heavy atom. The normalized spacial score (nSPS) is 12.6. The van der Waals surface area contributed by atoms with Crippen LogP contribution in [0.3, 0.4) is 0 Å². The molecular formula is C15H28N4O2S2. The molecule has 0 fully saturated rings. The van der Waals surface area contributed by atoms with Crippen molar-refractivity contribution in [3.8, 4) is 0 Å². The largest absolute Gasteiger partial charge is 0.370 e. The Bertz CT molecular complexity index is 609. The lowest BCUT2D eigenvalue weighted by Gasteiger charge is -2.08. The summed E-state index contributed by atoms with van der Waals surface area (Å²) in [5.74, 6) is 0.364. The van der Waals surface area contributed by atoms with E-state index in [9.17, 15) is 8.42 Å². The van der Waals surface area contributed by atoms with E-state index < -0.39 is 10.0 Å². The van der Waals surface area contributed by atoms with Crippen LogP contribution in [0.4, 0.5) is 0 Å². The van der Waals surface area contributed by atoms with Crippen LogP contribution in [-0.2, 0) is 10.0 Å². The van der Waals surface area contributed by atoms with E-state index >= 15 is 0 Å². The van der Waals surface area contributed by atoms with E-state index in [1.54, 1.807) is 6.07 Å². The lowest BCUT2D eigenvalue weighted by Crippen LogP contribution is -2.38. The highest BCUT2D eigenvalue weighted by molar-refractivity contribution is 7.89. The highest BCUT2D eigenvalue weighted by Gasteiger charge is 2.18. The Hall–Kier alpha value is -1.12. The molecule has 0 bridgehead atoms. The quantitative estimate of drug-likeness (QED) is 0.338. The number of thiophene rings is 1. The number of unbranched alkanes of at least 4 members (excludes halogenated alkanes) is 3. The zero-order valence-corrected chi connectivity index (χ0v) is 15.8. The Kier molecular flexibility index (Phi) is 8.57. The van der Waals surface area contributed by atoms with Gasteiger partial charge < -0.3 is 11.1 Å². The molecule has 0 radical (unpaired) electrons. The second-order valence-electron chi connectivity index (χ2n) is 5.43. The molecule has 0 saturated heterocycles. The van der Waals surface area contributed by atoms with Crippen LogP contribution >= 0.6 is 11.3 Å². The van der Waals surface area contributed by atoms with Crippen molar-refractivity contribution in [1.29, 1.82) is 0 Å². The van der Waals surface area contributed by atoms with Crippen molar-refractivity contribution < 1.29 is 8.42 Å². The second-order valence-corrected chi connectivity index (χ2v) is 8.63. The summed E-state index contributed by atoms with van der Waals surface area (Å²) >= 11 is 1.48. The first-order valence-corrected chi connectivity index (χ1v) is 10.3. The molecule has 0 unspecified atom stereocenters. The maximum Gasteiger partial charge on any atom is 0.241 e. The van der Waals surface area contributed by atoms with Crippen molar-refractivity contribution in [2.24, 2.45) is 10.7 Å². The molecule has 8 heteroatoms. The third-order valence-electron chi connectivity index (χ3n) is 3.30. The average Bonchev–Trinajstić information content (AvgIpc) is 2.83. The number of hydrogen-bond donors (Lipinski definition) is 3. The maximum atomic E-state index is 12.2. The fourth-order valence-electron chi connectivity index (χ4n) is 2.12. The number of nitrogens with one attached hydrogen (secondary N) is 2. The standard InChI is InChI=1S/C15H28N4O2S2/c1-4-5-6-7-8-17-15(16)18-9-10-19-23(20,21)14-11-12(2)22-13(14)3/h11,19H,4-10H2,1-3H3,(H3,16,17,18). The topological polar surface area (TPSA) is 96.6 Å². The molecule has 0 aromatic carbocycles. The van der Waals surface area contributed by atoms with Gasteiger partial charge in [-0.1, -0.05) is 26.2 Å². The van der Waals surface area contributed by atoms with E-state index in [0.717, 1.165) is 22.6 Å². The van der Waals surface area contributed by atoms with E-state index in [1.807, 2.05) is 13.8 Å². The number of nitrogens with two attached hydrogens (primary N) is 1. The molecule has 1 heterocycles. The van der Waals surface area contributed by atoms with Gasteiger partial charge in [-0.3, -0.25) is 4.99 Å². The predicted molar refractivity (Wildman–Crippen MR) is 97.6 cm³/mol. The molecule has 0 spiro atoms. The monoisotopic (exact) mass is 360 g/mol. The fraction of sp³-hybridized carbons (Fsp3) is 0.667. The molecule has 1 rings (SSSR count). The van der Waals surface area contributed by atoms with Crippen molar-refractivity contribution in [1.82, 2.24) is 10.0 Å². The van der Waals surface area contributed by atoms with Crippen LogP contribution in [0.1, 0.15) is 42.4 Å². The minimum Gasteiger partial charge on any atom is -0.370 e. The molecule has 23 heavy (non-hydrogen) atoms. The SMILES string of the molecule is CCCCCCN=C(N)NCCNS(=O)(=O)c1cc(C)sc1C. The van der Waals surface area contributed by atoms with Crippen molar-refractivity contribution in [3.63, 3.8) is 0 Å². The van der Waals surface area contributed by atoms with Gasteiger partial charge in [0.2, 0.25) is 10.0 Å².